The van der Waals surface area contributed by atoms with Crippen LogP contribution in [0.25, 0.3) is 0 Å². The summed E-state index contributed by atoms with van der Waals surface area (Å²) in [6.07, 6.45) is -4.31. The van der Waals surface area contributed by atoms with Crippen molar-refractivity contribution in [3.05, 3.63) is 65.2 Å². The molecular formula is C22H26F3N3O2. The zero-order valence-corrected chi connectivity index (χ0v) is 16.8. The minimum atomic E-state index is -4.45. The second-order valence-corrected chi connectivity index (χ2v) is 7.77. The lowest BCUT2D eigenvalue weighted by Gasteiger charge is -2.32. The molecule has 0 saturated carbocycles. The molecule has 0 aliphatic carbocycles. The second-order valence-electron chi connectivity index (χ2n) is 7.77. The van der Waals surface area contributed by atoms with Gasteiger partial charge in [0, 0.05) is 32.4 Å². The first-order valence-electron chi connectivity index (χ1n) is 9.81. The number of rotatable bonds is 6. The molecule has 1 aliphatic rings. The van der Waals surface area contributed by atoms with Crippen LogP contribution in [-0.2, 0) is 17.4 Å². The van der Waals surface area contributed by atoms with Crippen molar-refractivity contribution < 1.29 is 23.1 Å². The normalized spacial score (nSPS) is 18.4. The van der Waals surface area contributed by atoms with E-state index in [9.17, 15) is 23.1 Å². The van der Waals surface area contributed by atoms with Crippen molar-refractivity contribution in [2.24, 2.45) is 0 Å². The molecule has 2 aromatic carbocycles. The fraction of sp³-hybridized carbons (Fsp3) is 0.409. The van der Waals surface area contributed by atoms with Gasteiger partial charge in [0.2, 0.25) is 5.91 Å². The van der Waals surface area contributed by atoms with E-state index in [1.807, 2.05) is 12.1 Å². The molecule has 1 heterocycles. The highest BCUT2D eigenvalue weighted by molar-refractivity contribution is 5.79. The maximum absolute atomic E-state index is 13.0. The lowest BCUT2D eigenvalue weighted by molar-refractivity contribution is -0.138. The number of aliphatic hydroxyl groups excluding tert-OH is 1. The van der Waals surface area contributed by atoms with Gasteiger partial charge in [0.1, 0.15) is 0 Å². The van der Waals surface area contributed by atoms with Crippen LogP contribution in [0.15, 0.2) is 48.5 Å². The zero-order chi connectivity index (χ0) is 21.9. The van der Waals surface area contributed by atoms with Crippen molar-refractivity contribution in [1.29, 1.82) is 0 Å². The van der Waals surface area contributed by atoms with Gasteiger partial charge in [-0.1, -0.05) is 30.3 Å². The fourth-order valence-corrected chi connectivity index (χ4v) is 3.77. The number of amides is 1. The number of β-amino-alcohol motifs (C(OH)–C–C–N with tert-alkyl or cyclic N) is 1. The summed E-state index contributed by atoms with van der Waals surface area (Å²) in [7, 11) is 1.65. The number of halogens is 3. The molecule has 2 aromatic rings. The molecule has 5 nitrogen and oxygen atoms in total. The van der Waals surface area contributed by atoms with Gasteiger partial charge in [-0.3, -0.25) is 9.69 Å². The van der Waals surface area contributed by atoms with Crippen molar-refractivity contribution in [3.63, 3.8) is 0 Å². The predicted molar refractivity (Wildman–Crippen MR) is 109 cm³/mol. The number of nitrogens with two attached hydrogens (primary N) is 1. The van der Waals surface area contributed by atoms with E-state index in [1.165, 1.54) is 12.1 Å². The summed E-state index contributed by atoms with van der Waals surface area (Å²) in [6, 6.07) is 11.7. The van der Waals surface area contributed by atoms with Gasteiger partial charge >= 0.3 is 6.18 Å². The van der Waals surface area contributed by atoms with Gasteiger partial charge in [-0.15, -0.1) is 0 Å². The molecule has 1 amide bonds. The first-order chi connectivity index (χ1) is 14.1. The Kier molecular flexibility index (Phi) is 6.67. The molecule has 162 valence electrons. The van der Waals surface area contributed by atoms with E-state index < -0.39 is 17.8 Å². The lowest BCUT2D eigenvalue weighted by atomic mass is 10.0. The van der Waals surface area contributed by atoms with Crippen LogP contribution in [0.3, 0.4) is 0 Å². The van der Waals surface area contributed by atoms with E-state index in [4.69, 9.17) is 5.73 Å². The number of hydrogen-bond acceptors (Lipinski definition) is 4. The Hall–Kier alpha value is -2.58. The van der Waals surface area contributed by atoms with Gasteiger partial charge in [-0.25, -0.2) is 0 Å². The number of nitrogen functional groups attached to an aromatic ring is 1. The third kappa shape index (κ3) is 5.52. The van der Waals surface area contributed by atoms with E-state index in [0.29, 0.717) is 30.8 Å². The fourth-order valence-electron chi connectivity index (χ4n) is 3.77. The van der Waals surface area contributed by atoms with Crippen LogP contribution in [0.1, 0.15) is 29.2 Å². The number of anilines is 1. The maximum Gasteiger partial charge on any atom is 0.416 e. The summed E-state index contributed by atoms with van der Waals surface area (Å²) < 4.78 is 38.9. The van der Waals surface area contributed by atoms with E-state index >= 15 is 0 Å². The minimum Gasteiger partial charge on any atom is -0.399 e. The number of carbonyl (C=O) groups is 1. The summed E-state index contributed by atoms with van der Waals surface area (Å²) in [6.45, 7) is 1.75. The lowest BCUT2D eigenvalue weighted by Crippen LogP contribution is -2.39. The first kappa shape index (κ1) is 22.1. The number of likely N-dealkylation sites (tertiary alicyclic amines) is 1. The van der Waals surface area contributed by atoms with Gasteiger partial charge in [-0.05, 0) is 35.7 Å². The van der Waals surface area contributed by atoms with Gasteiger partial charge in [0.05, 0.1) is 24.1 Å². The Morgan fingerprint density at radius 3 is 2.63 bits per heavy atom. The monoisotopic (exact) mass is 421 g/mol. The number of aliphatic hydroxyl groups is 1. The van der Waals surface area contributed by atoms with Crippen LogP contribution >= 0.6 is 0 Å². The Bertz CT molecular complexity index is 888. The molecule has 0 radical (unpaired) electrons. The molecule has 2 atom stereocenters. The molecule has 1 fully saturated rings. The second kappa shape index (κ2) is 9.06. The number of hydrogen-bond donors (Lipinski definition) is 2. The van der Waals surface area contributed by atoms with Gasteiger partial charge in [0.25, 0.3) is 0 Å². The van der Waals surface area contributed by atoms with Crippen LogP contribution in [0.2, 0.25) is 0 Å². The van der Waals surface area contributed by atoms with Crippen molar-refractivity contribution in [3.8, 4) is 0 Å². The molecule has 30 heavy (non-hydrogen) atoms. The predicted octanol–water partition coefficient (Wildman–Crippen LogP) is 3.10. The molecule has 1 aliphatic heterocycles. The summed E-state index contributed by atoms with van der Waals surface area (Å²) in [5.74, 6) is -0.290. The van der Waals surface area contributed by atoms with Crippen molar-refractivity contribution in [2.45, 2.75) is 31.2 Å². The quantitative estimate of drug-likeness (QED) is 0.704. The van der Waals surface area contributed by atoms with E-state index in [1.54, 1.807) is 24.1 Å². The summed E-state index contributed by atoms with van der Waals surface area (Å²) in [5.41, 5.74) is 6.87. The van der Waals surface area contributed by atoms with E-state index in [-0.39, 0.29) is 18.4 Å². The molecule has 0 aromatic heterocycles. The maximum atomic E-state index is 13.0. The molecule has 8 heteroatoms. The third-order valence-corrected chi connectivity index (χ3v) is 5.44. The van der Waals surface area contributed by atoms with Crippen LogP contribution in [0, 0.1) is 0 Å². The summed E-state index contributed by atoms with van der Waals surface area (Å²) >= 11 is 0. The molecule has 3 N–H and O–H groups in total. The average molecular weight is 421 g/mol. The van der Waals surface area contributed by atoms with Crippen LogP contribution in [0.5, 0.6) is 0 Å². The Labute approximate surface area is 173 Å². The van der Waals surface area contributed by atoms with Gasteiger partial charge in [-0.2, -0.15) is 13.2 Å². The smallest absolute Gasteiger partial charge is 0.399 e. The number of carbonyl (C=O) groups excluding carboxylic acids is 1. The third-order valence-electron chi connectivity index (χ3n) is 5.44. The average Bonchev–Trinajstić information content (AvgIpc) is 3.10. The summed E-state index contributed by atoms with van der Waals surface area (Å²) in [4.78, 5) is 16.6. The van der Waals surface area contributed by atoms with Crippen LogP contribution < -0.4 is 5.73 Å². The van der Waals surface area contributed by atoms with Crippen molar-refractivity contribution in [1.82, 2.24) is 9.80 Å². The largest absolute Gasteiger partial charge is 0.416 e. The molecule has 1 saturated heterocycles. The summed E-state index contributed by atoms with van der Waals surface area (Å²) in [5, 5.41) is 9.83. The molecular weight excluding hydrogens is 395 g/mol. The number of nitrogens with zero attached hydrogens (tertiary/aromatic N) is 2. The van der Waals surface area contributed by atoms with Crippen molar-refractivity contribution >= 4 is 11.6 Å². The highest BCUT2D eigenvalue weighted by Gasteiger charge is 2.31. The standard InChI is InChI=1S/C22H26F3N3O2/c1-27(21(30)11-15-4-2-6-17(10-15)22(23,24)25)20(14-28-9-8-19(29)13-28)16-5-3-7-18(26)12-16/h2-7,10,12,19-20,29H,8-9,11,13-14,26H2,1H3. The SMILES string of the molecule is CN(C(=O)Cc1cccc(C(F)(F)F)c1)C(CN1CCC(O)C1)c1cccc(N)c1. The van der Waals surface area contributed by atoms with E-state index in [2.05, 4.69) is 4.90 Å². The Morgan fingerprint density at radius 1 is 1.27 bits per heavy atom. The minimum absolute atomic E-state index is 0.137. The highest BCUT2D eigenvalue weighted by atomic mass is 19.4. The Morgan fingerprint density at radius 2 is 2.00 bits per heavy atom. The van der Waals surface area contributed by atoms with Crippen LogP contribution in [0.4, 0.5) is 18.9 Å². The first-order valence-corrected chi connectivity index (χ1v) is 9.81. The van der Waals surface area contributed by atoms with Gasteiger partial charge < -0.3 is 15.7 Å². The number of benzene rings is 2. The molecule has 3 rings (SSSR count). The van der Waals surface area contributed by atoms with Crippen LogP contribution in [-0.4, -0.2) is 53.6 Å². The molecule has 2 unspecified atom stereocenters. The Balaban J connectivity index is 1.79. The highest BCUT2D eigenvalue weighted by Crippen LogP contribution is 2.30. The number of likely N-dealkylation sites (N-methyl/N-ethyl adjacent to an activating group) is 1. The van der Waals surface area contributed by atoms with Crippen molar-refractivity contribution in [2.75, 3.05) is 32.4 Å². The zero-order valence-electron chi connectivity index (χ0n) is 16.8. The topological polar surface area (TPSA) is 69.8 Å². The van der Waals surface area contributed by atoms with Gasteiger partial charge in [0.15, 0.2) is 0 Å². The number of alkyl halides is 3. The van der Waals surface area contributed by atoms with E-state index in [0.717, 1.165) is 24.2 Å². The molecule has 0 bridgehead atoms. The molecule has 0 spiro atoms.